The highest BCUT2D eigenvalue weighted by atomic mass is 79.9. The van der Waals surface area contributed by atoms with Gasteiger partial charge in [0.15, 0.2) is 0 Å². The summed E-state index contributed by atoms with van der Waals surface area (Å²) in [5.41, 5.74) is 2.38. The van der Waals surface area contributed by atoms with Gasteiger partial charge < -0.3 is 10.1 Å². The Balaban J connectivity index is 2.02. The summed E-state index contributed by atoms with van der Waals surface area (Å²) in [5, 5.41) is 4.13. The molecule has 2 aromatic rings. The Morgan fingerprint density at radius 1 is 1.25 bits per heavy atom. The molecule has 0 spiro atoms. The molecule has 20 heavy (non-hydrogen) atoms. The molecule has 0 amide bonds. The van der Waals surface area contributed by atoms with Crippen LogP contribution in [0.5, 0.6) is 5.75 Å². The first-order chi connectivity index (χ1) is 9.61. The molecule has 0 radical (unpaired) electrons. The molecule has 1 atom stereocenters. The van der Waals surface area contributed by atoms with Crippen LogP contribution in [0.3, 0.4) is 0 Å². The molecule has 2 rings (SSSR count). The van der Waals surface area contributed by atoms with Crippen LogP contribution in [0.2, 0.25) is 5.02 Å². The molecule has 0 fully saturated rings. The third-order valence-electron chi connectivity index (χ3n) is 3.20. The molecule has 1 N–H and O–H groups in total. The van der Waals surface area contributed by atoms with Gasteiger partial charge in [-0.15, -0.1) is 0 Å². The van der Waals surface area contributed by atoms with Gasteiger partial charge in [-0.1, -0.05) is 51.8 Å². The maximum Gasteiger partial charge on any atom is 0.137 e. The minimum Gasteiger partial charge on any atom is -0.495 e. The minimum absolute atomic E-state index is 0.256. The fraction of sp³-hybridized carbons (Fsp3) is 0.250. The molecule has 0 unspecified atom stereocenters. The van der Waals surface area contributed by atoms with Gasteiger partial charge in [0.25, 0.3) is 0 Å². The van der Waals surface area contributed by atoms with Crippen LogP contribution in [-0.4, -0.2) is 7.11 Å². The van der Waals surface area contributed by atoms with Crippen LogP contribution in [0.4, 0.5) is 0 Å². The zero-order chi connectivity index (χ0) is 14.5. The monoisotopic (exact) mass is 353 g/mol. The molecular weight excluding hydrogens is 338 g/mol. The molecular formula is C16H17BrClNO. The average Bonchev–Trinajstić information content (AvgIpc) is 2.45. The molecule has 2 nitrogen and oxygen atoms in total. The van der Waals surface area contributed by atoms with Crippen molar-refractivity contribution in [3.63, 3.8) is 0 Å². The predicted molar refractivity (Wildman–Crippen MR) is 87.4 cm³/mol. The highest BCUT2D eigenvalue weighted by Gasteiger charge is 2.08. The van der Waals surface area contributed by atoms with E-state index in [4.69, 9.17) is 16.3 Å². The van der Waals surface area contributed by atoms with Gasteiger partial charge in [0.2, 0.25) is 0 Å². The highest BCUT2D eigenvalue weighted by Crippen LogP contribution is 2.26. The molecule has 0 aliphatic heterocycles. The Hall–Kier alpha value is -1.03. The standard InChI is InChI=1S/C16H17BrClNO/c1-11(13-5-3-4-6-14(13)17)19-10-12-7-8-16(20-2)15(18)9-12/h3-9,11,19H,10H2,1-2H3/t11-/m0/s1. The normalized spacial score (nSPS) is 12.2. The van der Waals surface area contributed by atoms with Crippen LogP contribution >= 0.6 is 27.5 Å². The molecule has 0 heterocycles. The van der Waals surface area contributed by atoms with Crippen molar-refractivity contribution in [1.82, 2.24) is 5.32 Å². The van der Waals surface area contributed by atoms with Gasteiger partial charge in [0.1, 0.15) is 5.75 Å². The number of methoxy groups -OCH3 is 1. The van der Waals surface area contributed by atoms with Crippen molar-refractivity contribution in [3.05, 3.63) is 63.1 Å². The van der Waals surface area contributed by atoms with E-state index in [1.807, 2.05) is 30.3 Å². The van der Waals surface area contributed by atoms with E-state index in [9.17, 15) is 0 Å². The third kappa shape index (κ3) is 3.75. The number of hydrogen-bond donors (Lipinski definition) is 1. The first kappa shape index (κ1) is 15.4. The lowest BCUT2D eigenvalue weighted by Gasteiger charge is -2.16. The number of nitrogens with one attached hydrogen (secondary N) is 1. The lowest BCUT2D eigenvalue weighted by Crippen LogP contribution is -2.18. The lowest BCUT2D eigenvalue weighted by molar-refractivity contribution is 0.414. The summed E-state index contributed by atoms with van der Waals surface area (Å²) in [5.74, 6) is 0.703. The molecule has 4 heteroatoms. The molecule has 0 bridgehead atoms. The second kappa shape index (κ2) is 7.11. The Kier molecular flexibility index (Phi) is 5.46. The van der Waals surface area contributed by atoms with Crippen molar-refractivity contribution < 1.29 is 4.74 Å². The molecule has 0 aliphatic carbocycles. The van der Waals surface area contributed by atoms with Crippen molar-refractivity contribution in [2.45, 2.75) is 19.5 Å². The fourth-order valence-corrected chi connectivity index (χ4v) is 2.94. The number of halogens is 2. The minimum atomic E-state index is 0.256. The van der Waals surface area contributed by atoms with Crippen molar-refractivity contribution >= 4 is 27.5 Å². The second-order valence-corrected chi connectivity index (χ2v) is 5.85. The summed E-state index contributed by atoms with van der Waals surface area (Å²) in [6.07, 6.45) is 0. The van der Waals surface area contributed by atoms with Gasteiger partial charge in [-0.2, -0.15) is 0 Å². The summed E-state index contributed by atoms with van der Waals surface area (Å²) in [6, 6.07) is 14.3. The Bertz CT molecular complexity index is 588. The molecule has 0 saturated heterocycles. The maximum absolute atomic E-state index is 6.13. The van der Waals surface area contributed by atoms with Gasteiger partial charge in [-0.05, 0) is 36.2 Å². The van der Waals surface area contributed by atoms with Crippen LogP contribution in [0, 0.1) is 0 Å². The van der Waals surface area contributed by atoms with E-state index in [-0.39, 0.29) is 6.04 Å². The SMILES string of the molecule is COc1ccc(CN[C@@H](C)c2ccccc2Br)cc1Cl. The van der Waals surface area contributed by atoms with E-state index < -0.39 is 0 Å². The lowest BCUT2D eigenvalue weighted by atomic mass is 10.1. The number of ether oxygens (including phenoxy) is 1. The van der Waals surface area contributed by atoms with Gasteiger partial charge in [-0.25, -0.2) is 0 Å². The topological polar surface area (TPSA) is 21.3 Å². The van der Waals surface area contributed by atoms with Gasteiger partial charge >= 0.3 is 0 Å². The molecule has 2 aromatic carbocycles. The third-order valence-corrected chi connectivity index (χ3v) is 4.22. The summed E-state index contributed by atoms with van der Waals surface area (Å²) >= 11 is 9.70. The quantitative estimate of drug-likeness (QED) is 0.819. The molecule has 0 aliphatic rings. The van der Waals surface area contributed by atoms with Crippen LogP contribution in [0.15, 0.2) is 46.9 Å². The van der Waals surface area contributed by atoms with Crippen molar-refractivity contribution in [2.75, 3.05) is 7.11 Å². The van der Waals surface area contributed by atoms with E-state index in [1.165, 1.54) is 5.56 Å². The smallest absolute Gasteiger partial charge is 0.137 e. The van der Waals surface area contributed by atoms with Crippen LogP contribution in [0.1, 0.15) is 24.1 Å². The first-order valence-corrected chi connectivity index (χ1v) is 7.59. The van der Waals surface area contributed by atoms with Gasteiger partial charge in [0, 0.05) is 17.1 Å². The molecule has 0 saturated carbocycles. The first-order valence-electron chi connectivity index (χ1n) is 6.42. The predicted octanol–water partition coefficient (Wildman–Crippen LogP) is 4.96. The van der Waals surface area contributed by atoms with E-state index in [2.05, 4.69) is 40.3 Å². The number of hydrogen-bond acceptors (Lipinski definition) is 2. The zero-order valence-corrected chi connectivity index (χ0v) is 13.8. The van der Waals surface area contributed by atoms with E-state index in [0.717, 1.165) is 16.6 Å². The van der Waals surface area contributed by atoms with Crippen LogP contribution < -0.4 is 10.1 Å². The Morgan fingerprint density at radius 3 is 2.65 bits per heavy atom. The van der Waals surface area contributed by atoms with Gasteiger partial charge in [-0.3, -0.25) is 0 Å². The van der Waals surface area contributed by atoms with E-state index in [0.29, 0.717) is 10.8 Å². The Morgan fingerprint density at radius 2 is 2.00 bits per heavy atom. The van der Waals surface area contributed by atoms with Crippen molar-refractivity contribution in [2.24, 2.45) is 0 Å². The maximum atomic E-state index is 6.13. The number of benzene rings is 2. The molecule has 0 aromatic heterocycles. The fourth-order valence-electron chi connectivity index (χ4n) is 2.03. The average molecular weight is 355 g/mol. The van der Waals surface area contributed by atoms with Crippen LogP contribution in [-0.2, 0) is 6.54 Å². The summed E-state index contributed by atoms with van der Waals surface area (Å²) in [6.45, 7) is 2.90. The van der Waals surface area contributed by atoms with E-state index >= 15 is 0 Å². The zero-order valence-electron chi connectivity index (χ0n) is 11.5. The highest BCUT2D eigenvalue weighted by molar-refractivity contribution is 9.10. The van der Waals surface area contributed by atoms with Crippen LogP contribution in [0.25, 0.3) is 0 Å². The summed E-state index contributed by atoms with van der Waals surface area (Å²) < 4.78 is 6.27. The summed E-state index contributed by atoms with van der Waals surface area (Å²) in [4.78, 5) is 0. The second-order valence-electron chi connectivity index (χ2n) is 4.59. The molecule has 106 valence electrons. The number of rotatable bonds is 5. The largest absolute Gasteiger partial charge is 0.495 e. The van der Waals surface area contributed by atoms with E-state index in [1.54, 1.807) is 7.11 Å². The Labute approximate surface area is 133 Å². The van der Waals surface area contributed by atoms with Crippen molar-refractivity contribution in [1.29, 1.82) is 0 Å². The van der Waals surface area contributed by atoms with Crippen molar-refractivity contribution in [3.8, 4) is 5.75 Å². The summed E-state index contributed by atoms with van der Waals surface area (Å²) in [7, 11) is 1.62. The van der Waals surface area contributed by atoms with Gasteiger partial charge in [0.05, 0.1) is 12.1 Å².